The van der Waals surface area contributed by atoms with E-state index in [-0.39, 0.29) is 5.95 Å². The molecule has 0 aliphatic heterocycles. The first kappa shape index (κ1) is 11.3. The summed E-state index contributed by atoms with van der Waals surface area (Å²) < 4.78 is 12.1. The van der Waals surface area contributed by atoms with Crippen molar-refractivity contribution in [3.63, 3.8) is 0 Å². The van der Waals surface area contributed by atoms with Gasteiger partial charge in [0.2, 0.25) is 5.95 Å². The van der Waals surface area contributed by atoms with Crippen molar-refractivity contribution < 1.29 is 9.47 Å². The molecule has 2 N–H and O–H groups in total. The molecule has 2 aromatic rings. The van der Waals surface area contributed by atoms with E-state index in [9.17, 15) is 0 Å². The molecule has 0 radical (unpaired) electrons. The van der Waals surface area contributed by atoms with Gasteiger partial charge in [0.1, 0.15) is 6.33 Å². The molecule has 17 heavy (non-hydrogen) atoms. The molecule has 0 spiro atoms. The van der Waals surface area contributed by atoms with E-state index in [1.54, 1.807) is 25.2 Å². The maximum atomic E-state index is 5.48. The molecule has 0 fully saturated rings. The molecule has 0 atom stereocenters. The van der Waals surface area contributed by atoms with Crippen molar-refractivity contribution in [1.29, 1.82) is 0 Å². The Morgan fingerprint density at radius 2 is 2.00 bits per heavy atom. The highest BCUT2D eigenvalue weighted by atomic mass is 16.5. The van der Waals surface area contributed by atoms with Gasteiger partial charge in [0.05, 0.1) is 19.9 Å². The molecule has 6 heteroatoms. The molecule has 6 nitrogen and oxygen atoms in total. The lowest BCUT2D eigenvalue weighted by Gasteiger charge is -2.12. The topological polar surface area (TPSA) is 75.2 Å². The van der Waals surface area contributed by atoms with E-state index >= 15 is 0 Å². The number of ether oxygens (including phenoxy) is 2. The Kier molecular flexibility index (Phi) is 2.86. The molecule has 0 saturated heterocycles. The largest absolute Gasteiger partial charge is 0.493 e. The number of rotatable bonds is 3. The van der Waals surface area contributed by atoms with E-state index < -0.39 is 0 Å². The zero-order chi connectivity index (χ0) is 12.4. The van der Waals surface area contributed by atoms with E-state index in [1.165, 1.54) is 0 Å². The molecule has 0 amide bonds. The van der Waals surface area contributed by atoms with Crippen LogP contribution >= 0.6 is 0 Å². The summed E-state index contributed by atoms with van der Waals surface area (Å²) in [4.78, 5) is 3.88. The minimum atomic E-state index is 0.234. The molecular formula is C11H14N4O2. The van der Waals surface area contributed by atoms with Crippen molar-refractivity contribution in [2.24, 2.45) is 0 Å². The molecule has 1 aromatic carbocycles. The normalized spacial score (nSPS) is 10.3. The molecule has 0 aliphatic rings. The number of hydrogen-bond acceptors (Lipinski definition) is 5. The second kappa shape index (κ2) is 4.32. The standard InChI is InChI=1S/C11H14N4O2/c1-7-4-8(15-6-13-11(12)14-15)5-9(16-2)10(7)17-3/h4-6H,1-3H3,(H2,12,14). The van der Waals surface area contributed by atoms with Crippen LogP contribution in [-0.4, -0.2) is 29.0 Å². The fourth-order valence-corrected chi connectivity index (χ4v) is 1.67. The quantitative estimate of drug-likeness (QED) is 0.862. The van der Waals surface area contributed by atoms with Crippen LogP contribution in [0.1, 0.15) is 5.56 Å². The first-order chi connectivity index (χ1) is 8.15. The van der Waals surface area contributed by atoms with Gasteiger partial charge in [-0.25, -0.2) is 9.67 Å². The molecular weight excluding hydrogens is 220 g/mol. The number of benzene rings is 1. The molecule has 0 unspecified atom stereocenters. The van der Waals surface area contributed by atoms with Crippen molar-refractivity contribution >= 4 is 5.95 Å². The van der Waals surface area contributed by atoms with Crippen LogP contribution in [0.2, 0.25) is 0 Å². The predicted octanol–water partition coefficient (Wildman–Crippen LogP) is 1.18. The van der Waals surface area contributed by atoms with Gasteiger partial charge in [-0.2, -0.15) is 0 Å². The smallest absolute Gasteiger partial charge is 0.239 e. The lowest BCUT2D eigenvalue weighted by molar-refractivity contribution is 0.352. The molecule has 2 rings (SSSR count). The maximum Gasteiger partial charge on any atom is 0.239 e. The minimum Gasteiger partial charge on any atom is -0.493 e. The Morgan fingerprint density at radius 3 is 2.53 bits per heavy atom. The average molecular weight is 234 g/mol. The van der Waals surface area contributed by atoms with Crippen LogP contribution in [0.3, 0.4) is 0 Å². The summed E-state index contributed by atoms with van der Waals surface area (Å²) in [6, 6.07) is 3.75. The van der Waals surface area contributed by atoms with Gasteiger partial charge in [-0.15, -0.1) is 5.10 Å². The van der Waals surface area contributed by atoms with Crippen LogP contribution in [-0.2, 0) is 0 Å². The maximum absolute atomic E-state index is 5.48. The van der Waals surface area contributed by atoms with Crippen LogP contribution in [0.25, 0.3) is 5.69 Å². The Balaban J connectivity index is 2.53. The van der Waals surface area contributed by atoms with Gasteiger partial charge in [-0.3, -0.25) is 0 Å². The molecule has 0 saturated carbocycles. The van der Waals surface area contributed by atoms with Crippen LogP contribution in [0.4, 0.5) is 5.95 Å². The van der Waals surface area contributed by atoms with E-state index in [0.717, 1.165) is 11.3 Å². The molecule has 1 heterocycles. The zero-order valence-corrected chi connectivity index (χ0v) is 9.97. The summed E-state index contributed by atoms with van der Waals surface area (Å²) in [6.45, 7) is 1.94. The van der Waals surface area contributed by atoms with Crippen LogP contribution in [0, 0.1) is 6.92 Å². The van der Waals surface area contributed by atoms with Gasteiger partial charge in [0.25, 0.3) is 0 Å². The average Bonchev–Trinajstić information content (AvgIpc) is 2.74. The van der Waals surface area contributed by atoms with Crippen LogP contribution in [0.15, 0.2) is 18.5 Å². The van der Waals surface area contributed by atoms with Gasteiger partial charge in [0, 0.05) is 6.07 Å². The molecule has 1 aromatic heterocycles. The third-order valence-electron chi connectivity index (χ3n) is 2.42. The number of methoxy groups -OCH3 is 2. The molecule has 0 aliphatic carbocycles. The summed E-state index contributed by atoms with van der Waals surface area (Å²) in [7, 11) is 3.20. The van der Waals surface area contributed by atoms with Gasteiger partial charge in [0.15, 0.2) is 11.5 Å². The van der Waals surface area contributed by atoms with Gasteiger partial charge >= 0.3 is 0 Å². The summed E-state index contributed by atoms with van der Waals surface area (Å²) in [6.07, 6.45) is 1.55. The van der Waals surface area contributed by atoms with Crippen molar-refractivity contribution in [2.75, 3.05) is 20.0 Å². The number of aromatic nitrogens is 3. The number of nitrogens with zero attached hydrogens (tertiary/aromatic N) is 3. The Morgan fingerprint density at radius 1 is 1.24 bits per heavy atom. The SMILES string of the molecule is COc1cc(-n2cnc(N)n2)cc(C)c1OC. The van der Waals surface area contributed by atoms with Crippen molar-refractivity contribution in [3.8, 4) is 17.2 Å². The number of anilines is 1. The Hall–Kier alpha value is -2.24. The number of aryl methyl sites for hydroxylation is 1. The van der Waals surface area contributed by atoms with E-state index in [1.807, 2.05) is 19.1 Å². The Bertz CT molecular complexity index is 536. The summed E-state index contributed by atoms with van der Waals surface area (Å²) in [5.74, 6) is 1.60. The third kappa shape index (κ3) is 2.01. The first-order valence-electron chi connectivity index (χ1n) is 5.06. The molecule has 0 bridgehead atoms. The van der Waals surface area contributed by atoms with E-state index in [0.29, 0.717) is 11.5 Å². The predicted molar refractivity (Wildman–Crippen MR) is 63.6 cm³/mol. The zero-order valence-electron chi connectivity index (χ0n) is 9.97. The number of hydrogen-bond donors (Lipinski definition) is 1. The monoisotopic (exact) mass is 234 g/mol. The molecule has 90 valence electrons. The summed E-state index contributed by atoms with van der Waals surface area (Å²) in [5.41, 5.74) is 7.26. The second-order valence-electron chi connectivity index (χ2n) is 3.55. The highest BCUT2D eigenvalue weighted by Crippen LogP contribution is 2.33. The fourth-order valence-electron chi connectivity index (χ4n) is 1.67. The summed E-state index contributed by atoms with van der Waals surface area (Å²) >= 11 is 0. The lowest BCUT2D eigenvalue weighted by atomic mass is 10.2. The highest BCUT2D eigenvalue weighted by molar-refractivity contribution is 5.53. The lowest BCUT2D eigenvalue weighted by Crippen LogP contribution is -2.00. The van der Waals surface area contributed by atoms with E-state index in [2.05, 4.69) is 10.1 Å². The van der Waals surface area contributed by atoms with E-state index in [4.69, 9.17) is 15.2 Å². The minimum absolute atomic E-state index is 0.234. The number of nitrogen functional groups attached to an aromatic ring is 1. The number of nitrogens with two attached hydrogens (primary N) is 1. The van der Waals surface area contributed by atoms with Crippen LogP contribution < -0.4 is 15.2 Å². The van der Waals surface area contributed by atoms with Crippen molar-refractivity contribution in [2.45, 2.75) is 6.92 Å². The van der Waals surface area contributed by atoms with Gasteiger partial charge in [-0.05, 0) is 18.6 Å². The second-order valence-corrected chi connectivity index (χ2v) is 3.55. The van der Waals surface area contributed by atoms with Gasteiger partial charge in [-0.1, -0.05) is 0 Å². The van der Waals surface area contributed by atoms with Crippen LogP contribution in [0.5, 0.6) is 11.5 Å². The Labute approximate surface area is 99.0 Å². The van der Waals surface area contributed by atoms with Gasteiger partial charge < -0.3 is 15.2 Å². The third-order valence-corrected chi connectivity index (χ3v) is 2.42. The highest BCUT2D eigenvalue weighted by Gasteiger charge is 2.11. The van der Waals surface area contributed by atoms with Crippen molar-refractivity contribution in [1.82, 2.24) is 14.8 Å². The summed E-state index contributed by atoms with van der Waals surface area (Å²) in [5, 5.41) is 4.04. The van der Waals surface area contributed by atoms with Crippen molar-refractivity contribution in [3.05, 3.63) is 24.0 Å². The fraction of sp³-hybridized carbons (Fsp3) is 0.273. The first-order valence-corrected chi connectivity index (χ1v) is 5.06.